The standard InChI is InChI=1S/C19H25NO4S2.C18H21NO4S2.2C18H23NO3S.C9H11ClO2S.C9H13NO.2C2H6.CH5NOS.ClH/c1-13-11-14(2)19(15(3)12-13)26(22,23)20-18(16(4)24-25(5)21)17-9-7-6-8-10-17;1-12-10-13(2)18(14(3)11-12)25(21,22)19-17(15(4)23-24(19)20)16-8-6-5-7-9-16;2*1-12-10-13(2)18(14(3)11-12)23(21,22)19-17(15(4)20)16-8-6-5-7-9-16;1-6-4-7(2)9(8(3)5-6)13(10,11)12;1-7(11)9(10)8-5-3-2-4-6-8;2*1-2;1-4(2)3;/h6-12,16,18,20H,1-5H3;5-11,15,17H,1-4H3;2*5-11,15,17,19-20H,1-4H3;4-5H,1-3H3;2-7,9,11H,10H2,1H3;2*1-2H3;2H2,1H3;1H/t16-,18-,25?;15-,17-,24?;2*15-,17-;;7-,9-;;;;/m1111.1..../s1. The van der Waals surface area contributed by atoms with Crippen molar-refractivity contribution in [2.45, 2.75) is 251 Å². The minimum atomic E-state index is -3.99. The van der Waals surface area contributed by atoms with E-state index in [1.165, 1.54) is 12.5 Å². The molecular formula is C96H134Cl2N6O18S8. The Kier molecular flexibility index (Phi) is 50.5. The Morgan fingerprint density at radius 2 is 0.646 bits per heavy atom. The number of nitrogens with zero attached hydrogens (tertiary/aromatic N) is 1. The highest BCUT2D eigenvalue weighted by Crippen LogP contribution is 2.43. The van der Waals surface area contributed by atoms with E-state index in [1.807, 2.05) is 250 Å². The second kappa shape index (κ2) is 55.1. The lowest BCUT2D eigenvalue weighted by molar-refractivity contribution is 0.156. The maximum Gasteiger partial charge on any atom is 0.285 e. The number of aryl methyl sites for hydroxylation is 15. The first kappa shape index (κ1) is 119. The number of hydrogen-bond acceptors (Lipinski definition) is 20. The maximum absolute atomic E-state index is 13.4. The van der Waals surface area contributed by atoms with E-state index in [-0.39, 0.29) is 42.9 Å². The average molecular weight is 1990 g/mol. The van der Waals surface area contributed by atoms with Gasteiger partial charge in [-0.25, -0.2) is 56.3 Å². The minimum absolute atomic E-state index is 0. The minimum Gasteiger partial charge on any atom is -0.599 e. The van der Waals surface area contributed by atoms with Crippen LogP contribution in [0.4, 0.5) is 0 Å². The molecule has 718 valence electrons. The quantitative estimate of drug-likeness (QED) is 0.0218. The summed E-state index contributed by atoms with van der Waals surface area (Å²) >= 11 is -4.69. The van der Waals surface area contributed by atoms with Gasteiger partial charge in [-0.05, 0) is 222 Å². The van der Waals surface area contributed by atoms with Crippen molar-refractivity contribution in [2.75, 3.05) is 12.5 Å². The van der Waals surface area contributed by atoms with E-state index in [0.717, 1.165) is 59.3 Å². The molecule has 11 rings (SSSR count). The third-order valence-electron chi connectivity index (χ3n) is 19.5. The summed E-state index contributed by atoms with van der Waals surface area (Å²) in [5.41, 5.74) is 21.6. The molecule has 13 atom stereocenters. The molecule has 1 aliphatic rings. The van der Waals surface area contributed by atoms with Crippen LogP contribution in [-0.4, -0.2) is 118 Å². The summed E-state index contributed by atoms with van der Waals surface area (Å²) in [6, 6.07) is 61.5. The van der Waals surface area contributed by atoms with E-state index in [0.29, 0.717) is 55.6 Å². The Balaban J connectivity index is 0.000000528. The Bertz CT molecular complexity index is 5530. The normalized spacial score (nSPS) is 16.0. The Morgan fingerprint density at radius 1 is 0.415 bits per heavy atom. The fraction of sp³-hybridized carbons (Fsp3) is 0.375. The average Bonchev–Trinajstić information content (AvgIpc) is 1.52. The van der Waals surface area contributed by atoms with Crippen LogP contribution in [0.2, 0.25) is 0 Å². The van der Waals surface area contributed by atoms with Gasteiger partial charge in [0.15, 0.2) is 0 Å². The third kappa shape index (κ3) is 36.0. The number of aliphatic hydroxyl groups excluding tert-OH is 3. The van der Waals surface area contributed by atoms with Gasteiger partial charge in [-0.15, -0.1) is 16.6 Å². The van der Waals surface area contributed by atoms with E-state index in [4.69, 9.17) is 29.9 Å². The third-order valence-corrected chi connectivity index (χ3v) is 30.7. The van der Waals surface area contributed by atoms with Crippen molar-refractivity contribution in [1.29, 1.82) is 0 Å². The van der Waals surface area contributed by atoms with Gasteiger partial charge in [0.25, 0.3) is 19.1 Å². The van der Waals surface area contributed by atoms with Crippen LogP contribution < -0.4 is 25.0 Å². The summed E-state index contributed by atoms with van der Waals surface area (Å²) in [5.74, 6) is 0. The molecule has 1 heterocycles. The molecule has 34 heteroatoms. The van der Waals surface area contributed by atoms with Gasteiger partial charge >= 0.3 is 0 Å². The summed E-state index contributed by atoms with van der Waals surface area (Å²) in [5, 5.41) is 33.8. The highest BCUT2D eigenvalue weighted by molar-refractivity contribution is 8.13. The van der Waals surface area contributed by atoms with E-state index >= 15 is 0 Å². The predicted octanol–water partition coefficient (Wildman–Crippen LogP) is 18.0. The number of nitrogens with one attached hydrogen (secondary N) is 3. The lowest BCUT2D eigenvalue weighted by atomic mass is 10.0. The molecule has 130 heavy (non-hydrogen) atoms. The summed E-state index contributed by atoms with van der Waals surface area (Å²) in [6.45, 7) is 43.7. The second-order valence-corrected chi connectivity index (χ2v) is 43.6. The van der Waals surface area contributed by atoms with Crippen molar-refractivity contribution in [1.82, 2.24) is 17.9 Å². The molecule has 0 saturated carbocycles. The lowest BCUT2D eigenvalue weighted by Crippen LogP contribution is -2.37. The van der Waals surface area contributed by atoms with Gasteiger partial charge in [-0.2, -0.15) is 9.32 Å². The van der Waals surface area contributed by atoms with Crippen LogP contribution in [0.15, 0.2) is 237 Å². The van der Waals surface area contributed by atoms with Gasteiger partial charge in [0.05, 0.1) is 67.0 Å². The summed E-state index contributed by atoms with van der Waals surface area (Å²) in [7, 11) is -13.6. The number of halogens is 2. The number of nitrogens with two attached hydrogens (primary N) is 2. The van der Waals surface area contributed by atoms with Crippen molar-refractivity contribution >= 4 is 107 Å². The van der Waals surface area contributed by atoms with Crippen LogP contribution in [0.3, 0.4) is 0 Å². The molecule has 1 fully saturated rings. The SMILES string of the molecule is CC.CC.C[C@@H](O)[C@@H](N)c1ccccc1.C[S+](N)[O-].Cc1cc(C)c(S(=O)(=O)Cl)c(C)c1.Cc1cc(C)c(S(=O)(=O)N2[C@@H](c3ccccc3)[C@@H](C)O[S+]2[O-])c(C)c1.Cc1cc(C)c(S(=O)(=O)N[C@@H](c2ccccc2)[C@@H](C)O)c(C)c1.Cc1cc(C)c(S(=O)(=O)N[C@@H](c2ccccc2)[C@@H](C)O)c(C)c1.Cc1cc(C)c(S(=O)(=O)N[C@@H](c2ccccc2)[C@@H](C)O[S+](C)[O-])c(C)c1.Cl. The van der Waals surface area contributed by atoms with Crippen LogP contribution in [0.5, 0.6) is 0 Å². The van der Waals surface area contributed by atoms with E-state index in [9.17, 15) is 66.0 Å². The predicted molar refractivity (Wildman–Crippen MR) is 533 cm³/mol. The highest BCUT2D eigenvalue weighted by atomic mass is 35.7. The number of rotatable bonds is 23. The van der Waals surface area contributed by atoms with E-state index in [1.54, 1.807) is 128 Å². The fourth-order valence-corrected chi connectivity index (χ4v) is 26.0. The van der Waals surface area contributed by atoms with Crippen molar-refractivity contribution < 1.29 is 79.4 Å². The van der Waals surface area contributed by atoms with Crippen LogP contribution in [0, 0.1) is 104 Å². The smallest absolute Gasteiger partial charge is 0.285 e. The van der Waals surface area contributed by atoms with Crippen molar-refractivity contribution in [3.8, 4) is 0 Å². The first-order valence-corrected chi connectivity index (χ1v) is 54.1. The van der Waals surface area contributed by atoms with Gasteiger partial charge in [0, 0.05) is 25.8 Å². The summed E-state index contributed by atoms with van der Waals surface area (Å²) in [4.78, 5) is 1.27. The zero-order chi connectivity index (χ0) is 98.3. The molecular weight excluding hydrogens is 1850 g/mol. The molecule has 10 N–H and O–H groups in total. The highest BCUT2D eigenvalue weighted by Gasteiger charge is 2.54. The fourth-order valence-electron chi connectivity index (χ4n) is 15.0. The molecule has 0 spiro atoms. The Labute approximate surface area is 795 Å². The van der Waals surface area contributed by atoms with Crippen LogP contribution in [0.25, 0.3) is 0 Å². The topological polar surface area (TPSA) is 410 Å². The number of hydrogen-bond donors (Lipinski definition) is 8. The van der Waals surface area contributed by atoms with Gasteiger partial charge in [0.1, 0.15) is 42.2 Å². The van der Waals surface area contributed by atoms with E-state index in [2.05, 4.69) is 19.3 Å². The summed E-state index contributed by atoms with van der Waals surface area (Å²) < 4.78 is 180. The zero-order valence-electron chi connectivity index (χ0n) is 79.1. The summed E-state index contributed by atoms with van der Waals surface area (Å²) in [6.07, 6.45) is -0.469. The molecule has 0 aliphatic carbocycles. The molecule has 0 radical (unpaired) electrons. The Morgan fingerprint density at radius 3 is 0.892 bits per heavy atom. The van der Waals surface area contributed by atoms with Gasteiger partial charge in [-0.1, -0.05) is 268 Å². The number of aliphatic hydroxyl groups is 3. The van der Waals surface area contributed by atoms with Crippen molar-refractivity contribution in [2.24, 2.45) is 10.9 Å². The first-order valence-electron chi connectivity index (χ1n) is 41.7. The van der Waals surface area contributed by atoms with Crippen LogP contribution in [0.1, 0.15) is 204 Å². The molecule has 1 saturated heterocycles. The molecule has 1 aliphatic heterocycles. The van der Waals surface area contributed by atoms with Gasteiger partial charge < -0.3 is 34.7 Å². The monoisotopic (exact) mass is 1980 g/mol. The van der Waals surface area contributed by atoms with Crippen LogP contribution >= 0.6 is 23.1 Å². The number of benzene rings is 10. The molecule has 0 amide bonds. The molecule has 0 aromatic heterocycles. The van der Waals surface area contributed by atoms with Crippen molar-refractivity contribution in [3.63, 3.8) is 0 Å². The van der Waals surface area contributed by atoms with Crippen LogP contribution in [-0.2, 0) is 92.0 Å². The van der Waals surface area contributed by atoms with Crippen molar-refractivity contribution in [3.05, 3.63) is 324 Å². The van der Waals surface area contributed by atoms with E-state index < -0.39 is 138 Å². The number of sulfonamides is 4. The first-order chi connectivity index (χ1) is 60.1. The zero-order valence-corrected chi connectivity index (χ0v) is 87.2. The molecule has 3 unspecified atom stereocenters. The molecule has 0 bridgehead atoms. The molecule has 10 aromatic carbocycles. The Hall–Kier alpha value is -6.98. The van der Waals surface area contributed by atoms with Gasteiger partial charge in [0.2, 0.25) is 41.7 Å². The second-order valence-electron chi connectivity index (χ2n) is 31.1. The largest absolute Gasteiger partial charge is 0.599 e. The lowest BCUT2D eigenvalue weighted by Gasteiger charge is -2.25. The van der Waals surface area contributed by atoms with Gasteiger partial charge in [-0.3, -0.25) is 0 Å². The maximum atomic E-state index is 13.4. The molecule has 24 nitrogen and oxygen atoms in total. The molecule has 10 aromatic rings.